The van der Waals surface area contributed by atoms with E-state index in [0.29, 0.717) is 6.04 Å². The van der Waals surface area contributed by atoms with E-state index in [9.17, 15) is 0 Å². The second-order valence-electron chi connectivity index (χ2n) is 6.19. The topological polar surface area (TPSA) is 34.0 Å². The molecule has 2 aromatic rings. The maximum atomic E-state index is 4.56. The molecule has 4 nitrogen and oxygen atoms in total. The first-order valence-corrected chi connectivity index (χ1v) is 8.45. The van der Waals surface area contributed by atoms with Crippen LogP contribution in [0.5, 0.6) is 0 Å². The van der Waals surface area contributed by atoms with E-state index in [-0.39, 0.29) is 0 Å². The van der Waals surface area contributed by atoms with E-state index in [4.69, 9.17) is 0 Å². The van der Waals surface area contributed by atoms with Gasteiger partial charge in [-0.15, -0.1) is 0 Å². The standard InChI is InChI=1S/C18H26N4/c1-4-22-18(19-15(3)20-22)17-10-8-16(9-11-17)14(2)21-12-6-5-7-13-21/h8-11,14H,4-7,12-13H2,1-3H3/t14-/m1/s1. The molecule has 3 rings (SSSR count). The average Bonchev–Trinajstić information content (AvgIpc) is 2.96. The third-order valence-corrected chi connectivity index (χ3v) is 4.67. The second kappa shape index (κ2) is 6.61. The van der Waals surface area contributed by atoms with Crippen molar-refractivity contribution in [3.05, 3.63) is 35.7 Å². The number of nitrogens with zero attached hydrogens (tertiary/aromatic N) is 4. The normalized spacial score (nSPS) is 17.6. The van der Waals surface area contributed by atoms with Gasteiger partial charge in [-0.2, -0.15) is 5.10 Å². The number of rotatable bonds is 4. The highest BCUT2D eigenvalue weighted by molar-refractivity contribution is 5.55. The molecule has 1 aliphatic rings. The quantitative estimate of drug-likeness (QED) is 0.860. The van der Waals surface area contributed by atoms with Gasteiger partial charge in [-0.25, -0.2) is 9.67 Å². The molecular formula is C18H26N4. The molecule has 4 heteroatoms. The summed E-state index contributed by atoms with van der Waals surface area (Å²) in [5.74, 6) is 1.81. The van der Waals surface area contributed by atoms with Crippen molar-refractivity contribution in [2.24, 2.45) is 0 Å². The summed E-state index contributed by atoms with van der Waals surface area (Å²) in [6, 6.07) is 9.37. The summed E-state index contributed by atoms with van der Waals surface area (Å²) in [7, 11) is 0. The Morgan fingerprint density at radius 3 is 2.41 bits per heavy atom. The second-order valence-corrected chi connectivity index (χ2v) is 6.19. The van der Waals surface area contributed by atoms with Crippen LogP contribution >= 0.6 is 0 Å². The van der Waals surface area contributed by atoms with Crippen LogP contribution in [0.4, 0.5) is 0 Å². The van der Waals surface area contributed by atoms with Gasteiger partial charge in [-0.05, 0) is 52.3 Å². The van der Waals surface area contributed by atoms with E-state index in [0.717, 1.165) is 23.8 Å². The number of aryl methyl sites for hydroxylation is 2. The summed E-state index contributed by atoms with van der Waals surface area (Å²) in [6.45, 7) is 9.67. The van der Waals surface area contributed by atoms with Crippen molar-refractivity contribution in [3.63, 3.8) is 0 Å². The Morgan fingerprint density at radius 2 is 1.77 bits per heavy atom. The number of piperidine rings is 1. The summed E-state index contributed by atoms with van der Waals surface area (Å²) < 4.78 is 1.97. The van der Waals surface area contributed by atoms with E-state index < -0.39 is 0 Å². The monoisotopic (exact) mass is 298 g/mol. The number of benzene rings is 1. The molecule has 0 spiro atoms. The van der Waals surface area contributed by atoms with Crippen molar-refractivity contribution < 1.29 is 0 Å². The van der Waals surface area contributed by atoms with Crippen molar-refractivity contribution in [3.8, 4) is 11.4 Å². The predicted octanol–water partition coefficient (Wildman–Crippen LogP) is 3.82. The van der Waals surface area contributed by atoms with Crippen LogP contribution in [0, 0.1) is 6.92 Å². The van der Waals surface area contributed by atoms with E-state index >= 15 is 0 Å². The molecule has 2 heterocycles. The van der Waals surface area contributed by atoms with Gasteiger partial charge >= 0.3 is 0 Å². The van der Waals surface area contributed by atoms with Gasteiger partial charge < -0.3 is 0 Å². The fraction of sp³-hybridized carbons (Fsp3) is 0.556. The molecule has 1 saturated heterocycles. The molecule has 0 saturated carbocycles. The first-order chi connectivity index (χ1) is 10.7. The van der Waals surface area contributed by atoms with Gasteiger partial charge in [0.05, 0.1) is 0 Å². The lowest BCUT2D eigenvalue weighted by molar-refractivity contribution is 0.175. The van der Waals surface area contributed by atoms with Crippen molar-refractivity contribution in [2.75, 3.05) is 13.1 Å². The first kappa shape index (κ1) is 15.2. The molecule has 1 aliphatic heterocycles. The average molecular weight is 298 g/mol. The van der Waals surface area contributed by atoms with Crippen LogP contribution in [-0.2, 0) is 6.54 Å². The molecule has 0 amide bonds. The highest BCUT2D eigenvalue weighted by Gasteiger charge is 2.18. The molecule has 0 bridgehead atoms. The summed E-state index contributed by atoms with van der Waals surface area (Å²) in [6.07, 6.45) is 4.05. The first-order valence-electron chi connectivity index (χ1n) is 8.45. The van der Waals surface area contributed by atoms with Crippen molar-refractivity contribution in [1.82, 2.24) is 19.7 Å². The lowest BCUT2D eigenvalue weighted by Gasteiger charge is -2.32. The van der Waals surface area contributed by atoms with Crippen LogP contribution in [0.1, 0.15) is 50.5 Å². The Morgan fingerprint density at radius 1 is 1.09 bits per heavy atom. The molecule has 118 valence electrons. The van der Waals surface area contributed by atoms with Crippen LogP contribution in [0.2, 0.25) is 0 Å². The van der Waals surface area contributed by atoms with Gasteiger partial charge in [0.25, 0.3) is 0 Å². The molecule has 1 aromatic carbocycles. The Hall–Kier alpha value is -1.68. The summed E-state index contributed by atoms with van der Waals surface area (Å²) in [4.78, 5) is 7.15. The third kappa shape index (κ3) is 3.07. The molecule has 1 aromatic heterocycles. The fourth-order valence-corrected chi connectivity index (χ4v) is 3.32. The molecule has 0 radical (unpaired) electrons. The largest absolute Gasteiger partial charge is 0.297 e. The van der Waals surface area contributed by atoms with Crippen LogP contribution in [0.3, 0.4) is 0 Å². The maximum Gasteiger partial charge on any atom is 0.158 e. The van der Waals surface area contributed by atoms with Crippen LogP contribution in [0.25, 0.3) is 11.4 Å². The Balaban J connectivity index is 1.80. The summed E-state index contributed by atoms with van der Waals surface area (Å²) >= 11 is 0. The van der Waals surface area contributed by atoms with E-state index in [1.165, 1.54) is 37.9 Å². The highest BCUT2D eigenvalue weighted by atomic mass is 15.3. The van der Waals surface area contributed by atoms with Gasteiger partial charge in [0.1, 0.15) is 5.82 Å². The van der Waals surface area contributed by atoms with Gasteiger partial charge in [-0.3, -0.25) is 4.90 Å². The van der Waals surface area contributed by atoms with Gasteiger partial charge in [0.15, 0.2) is 5.82 Å². The van der Waals surface area contributed by atoms with Gasteiger partial charge in [0, 0.05) is 18.2 Å². The Labute approximate surface area is 133 Å². The molecular weight excluding hydrogens is 272 g/mol. The predicted molar refractivity (Wildman–Crippen MR) is 89.7 cm³/mol. The minimum atomic E-state index is 0.500. The maximum absolute atomic E-state index is 4.56. The lowest BCUT2D eigenvalue weighted by Crippen LogP contribution is -2.32. The minimum absolute atomic E-state index is 0.500. The number of aromatic nitrogens is 3. The highest BCUT2D eigenvalue weighted by Crippen LogP contribution is 2.26. The Bertz CT molecular complexity index is 609. The molecule has 0 N–H and O–H groups in total. The van der Waals surface area contributed by atoms with Crippen LogP contribution in [0.15, 0.2) is 24.3 Å². The third-order valence-electron chi connectivity index (χ3n) is 4.67. The van der Waals surface area contributed by atoms with Crippen molar-refractivity contribution >= 4 is 0 Å². The van der Waals surface area contributed by atoms with Crippen LogP contribution < -0.4 is 0 Å². The summed E-state index contributed by atoms with van der Waals surface area (Å²) in [5.41, 5.74) is 2.54. The van der Waals surface area contributed by atoms with E-state index in [1.807, 2.05) is 11.6 Å². The molecule has 0 unspecified atom stereocenters. The lowest BCUT2D eigenvalue weighted by atomic mass is 10.0. The fourth-order valence-electron chi connectivity index (χ4n) is 3.32. The molecule has 0 aliphatic carbocycles. The molecule has 1 fully saturated rings. The zero-order valence-corrected chi connectivity index (χ0v) is 13.9. The Kier molecular flexibility index (Phi) is 4.57. The number of likely N-dealkylation sites (tertiary alicyclic amines) is 1. The zero-order valence-electron chi connectivity index (χ0n) is 13.9. The smallest absolute Gasteiger partial charge is 0.158 e. The number of hydrogen-bond donors (Lipinski definition) is 0. The molecule has 1 atom stereocenters. The molecule has 22 heavy (non-hydrogen) atoms. The SMILES string of the molecule is CCn1nc(C)nc1-c1ccc([C@@H](C)N2CCCCC2)cc1. The van der Waals surface area contributed by atoms with Gasteiger partial charge in [-0.1, -0.05) is 30.7 Å². The zero-order chi connectivity index (χ0) is 15.5. The minimum Gasteiger partial charge on any atom is -0.297 e. The summed E-state index contributed by atoms with van der Waals surface area (Å²) in [5, 5.41) is 4.43. The van der Waals surface area contributed by atoms with Gasteiger partial charge in [0.2, 0.25) is 0 Å². The van der Waals surface area contributed by atoms with E-state index in [1.54, 1.807) is 0 Å². The van der Waals surface area contributed by atoms with E-state index in [2.05, 4.69) is 53.1 Å². The van der Waals surface area contributed by atoms with Crippen LogP contribution in [-0.4, -0.2) is 32.8 Å². The van der Waals surface area contributed by atoms with Crippen molar-refractivity contribution in [1.29, 1.82) is 0 Å². The number of hydrogen-bond acceptors (Lipinski definition) is 3. The van der Waals surface area contributed by atoms with Crippen molar-refractivity contribution in [2.45, 2.75) is 52.6 Å².